The molecule has 0 radical (unpaired) electrons. The largest absolute Gasteiger partial charge is 0.504 e. The molecule has 0 unspecified atom stereocenters. The van der Waals surface area contributed by atoms with Crippen LogP contribution in [-0.4, -0.2) is 54.2 Å². The van der Waals surface area contributed by atoms with Crippen molar-refractivity contribution in [2.24, 2.45) is 5.92 Å². The number of aryl methyl sites for hydroxylation is 1. The molecule has 2 aliphatic heterocycles. The second-order valence-corrected chi connectivity index (χ2v) is 8.81. The molecular formula is C21H28N2O2S. The van der Waals surface area contributed by atoms with Gasteiger partial charge in [-0.3, -0.25) is 4.90 Å². The van der Waals surface area contributed by atoms with E-state index in [0.29, 0.717) is 12.4 Å². The molecule has 26 heavy (non-hydrogen) atoms. The summed E-state index contributed by atoms with van der Waals surface area (Å²) in [5.41, 5.74) is 2.19. The Morgan fingerprint density at radius 2 is 2.12 bits per heavy atom. The summed E-state index contributed by atoms with van der Waals surface area (Å²) in [5.74, 6) is 1.68. The van der Waals surface area contributed by atoms with Crippen molar-refractivity contribution in [2.45, 2.75) is 26.8 Å². The number of rotatable bonds is 4. The quantitative estimate of drug-likeness (QED) is 0.881. The standard InChI is InChI=1S/C21H28N2O2S/c1-3-22-7-6-16(12-22)13-23-8-9-25-21-18(14-23)10-17(11-19(21)24)20-5-4-15(2)26-20/h4-5,10-11,16,24H,3,6-9,12-14H2,1-2H3/t16-/m1/s1. The molecule has 2 aromatic rings. The van der Waals surface area contributed by atoms with Gasteiger partial charge in [-0.1, -0.05) is 6.92 Å². The lowest BCUT2D eigenvalue weighted by Gasteiger charge is -2.23. The third kappa shape index (κ3) is 3.75. The van der Waals surface area contributed by atoms with Crippen LogP contribution in [0.5, 0.6) is 11.5 Å². The normalized spacial score (nSPS) is 21.4. The zero-order valence-corrected chi connectivity index (χ0v) is 16.5. The first kappa shape index (κ1) is 17.8. The van der Waals surface area contributed by atoms with E-state index in [0.717, 1.165) is 43.2 Å². The van der Waals surface area contributed by atoms with Crippen LogP contribution in [0.2, 0.25) is 0 Å². The Kier molecular flexibility index (Phi) is 5.20. The number of hydrogen-bond donors (Lipinski definition) is 1. The Morgan fingerprint density at radius 1 is 1.23 bits per heavy atom. The average Bonchev–Trinajstić information content (AvgIpc) is 3.20. The SMILES string of the molecule is CCN1CC[C@@H](CN2CCOc3c(O)cc(-c4ccc(C)s4)cc3C2)C1. The molecule has 0 bridgehead atoms. The summed E-state index contributed by atoms with van der Waals surface area (Å²) in [5, 5.41) is 10.5. The first-order chi connectivity index (χ1) is 12.6. The van der Waals surface area contributed by atoms with E-state index in [9.17, 15) is 5.11 Å². The van der Waals surface area contributed by atoms with Gasteiger partial charge in [-0.25, -0.2) is 0 Å². The van der Waals surface area contributed by atoms with Crippen LogP contribution in [0, 0.1) is 12.8 Å². The van der Waals surface area contributed by atoms with Gasteiger partial charge in [0.15, 0.2) is 11.5 Å². The summed E-state index contributed by atoms with van der Waals surface area (Å²) < 4.78 is 5.91. The van der Waals surface area contributed by atoms with Crippen molar-refractivity contribution in [1.82, 2.24) is 9.80 Å². The van der Waals surface area contributed by atoms with Crippen molar-refractivity contribution in [3.8, 4) is 21.9 Å². The van der Waals surface area contributed by atoms with Crippen molar-refractivity contribution in [3.05, 3.63) is 34.7 Å². The molecule has 5 heteroatoms. The van der Waals surface area contributed by atoms with Gasteiger partial charge in [0.05, 0.1) is 0 Å². The van der Waals surface area contributed by atoms with Gasteiger partial charge in [0.1, 0.15) is 6.61 Å². The van der Waals surface area contributed by atoms with Crippen molar-refractivity contribution >= 4 is 11.3 Å². The minimum Gasteiger partial charge on any atom is -0.504 e. The van der Waals surface area contributed by atoms with E-state index in [2.05, 4.69) is 41.8 Å². The Hall–Kier alpha value is -1.56. The fourth-order valence-electron chi connectivity index (χ4n) is 4.16. The van der Waals surface area contributed by atoms with Crippen molar-refractivity contribution in [1.29, 1.82) is 0 Å². The number of likely N-dealkylation sites (tertiary alicyclic amines) is 1. The molecule has 0 saturated carbocycles. The number of nitrogens with zero attached hydrogens (tertiary/aromatic N) is 2. The molecule has 1 fully saturated rings. The van der Waals surface area contributed by atoms with Gasteiger partial charge in [-0.2, -0.15) is 0 Å². The predicted octanol–water partition coefficient (Wildman–Crippen LogP) is 3.97. The van der Waals surface area contributed by atoms with Crippen molar-refractivity contribution < 1.29 is 9.84 Å². The van der Waals surface area contributed by atoms with E-state index in [1.165, 1.54) is 29.3 Å². The van der Waals surface area contributed by atoms with E-state index in [1.54, 1.807) is 11.3 Å². The van der Waals surface area contributed by atoms with Crippen LogP contribution >= 0.6 is 11.3 Å². The number of benzene rings is 1. The molecule has 0 spiro atoms. The van der Waals surface area contributed by atoms with Crippen LogP contribution in [0.3, 0.4) is 0 Å². The topological polar surface area (TPSA) is 35.9 Å². The van der Waals surface area contributed by atoms with Gasteiger partial charge in [-0.15, -0.1) is 11.3 Å². The lowest BCUT2D eigenvalue weighted by atomic mass is 10.1. The fourth-order valence-corrected chi connectivity index (χ4v) is 5.01. The monoisotopic (exact) mass is 372 g/mol. The second-order valence-electron chi connectivity index (χ2n) is 7.53. The van der Waals surface area contributed by atoms with E-state index in [4.69, 9.17) is 4.74 Å². The first-order valence-electron chi connectivity index (χ1n) is 9.62. The van der Waals surface area contributed by atoms with Crippen molar-refractivity contribution in [3.63, 3.8) is 0 Å². The summed E-state index contributed by atoms with van der Waals surface area (Å²) in [4.78, 5) is 7.52. The molecule has 1 aromatic heterocycles. The number of phenolic OH excluding ortho intramolecular Hbond substituents is 1. The Morgan fingerprint density at radius 3 is 2.85 bits per heavy atom. The zero-order chi connectivity index (χ0) is 18.1. The van der Waals surface area contributed by atoms with Crippen LogP contribution in [0.15, 0.2) is 24.3 Å². The zero-order valence-electron chi connectivity index (χ0n) is 15.7. The molecule has 1 saturated heterocycles. The summed E-state index contributed by atoms with van der Waals surface area (Å²) in [6.45, 7) is 11.5. The predicted molar refractivity (Wildman–Crippen MR) is 107 cm³/mol. The lowest BCUT2D eigenvalue weighted by Crippen LogP contribution is -2.32. The Bertz CT molecular complexity index is 773. The Labute approximate surface area is 160 Å². The molecule has 140 valence electrons. The summed E-state index contributed by atoms with van der Waals surface area (Å²) in [6.07, 6.45) is 1.29. The second kappa shape index (κ2) is 7.59. The van der Waals surface area contributed by atoms with E-state index < -0.39 is 0 Å². The molecule has 1 aromatic carbocycles. The van der Waals surface area contributed by atoms with Crippen LogP contribution in [0.25, 0.3) is 10.4 Å². The van der Waals surface area contributed by atoms with Crippen molar-refractivity contribution in [2.75, 3.05) is 39.3 Å². The fraction of sp³-hybridized carbons (Fsp3) is 0.524. The highest BCUT2D eigenvalue weighted by molar-refractivity contribution is 7.15. The number of aromatic hydroxyl groups is 1. The minimum absolute atomic E-state index is 0.267. The highest BCUT2D eigenvalue weighted by Gasteiger charge is 2.26. The van der Waals surface area contributed by atoms with Gasteiger partial charge < -0.3 is 14.7 Å². The van der Waals surface area contributed by atoms with Gasteiger partial charge in [0.25, 0.3) is 0 Å². The minimum atomic E-state index is 0.267. The molecule has 0 amide bonds. The summed E-state index contributed by atoms with van der Waals surface area (Å²) >= 11 is 1.76. The lowest BCUT2D eigenvalue weighted by molar-refractivity contribution is 0.195. The molecular weight excluding hydrogens is 344 g/mol. The number of fused-ring (bicyclic) bond motifs is 1. The highest BCUT2D eigenvalue weighted by Crippen LogP contribution is 2.39. The molecule has 4 nitrogen and oxygen atoms in total. The third-order valence-corrected chi connectivity index (χ3v) is 6.60. The average molecular weight is 373 g/mol. The molecule has 3 heterocycles. The molecule has 4 rings (SSSR count). The van der Waals surface area contributed by atoms with Crippen LogP contribution < -0.4 is 4.74 Å². The van der Waals surface area contributed by atoms with E-state index in [-0.39, 0.29) is 5.75 Å². The van der Waals surface area contributed by atoms with Crippen LogP contribution in [0.4, 0.5) is 0 Å². The smallest absolute Gasteiger partial charge is 0.165 e. The molecule has 0 aliphatic carbocycles. The van der Waals surface area contributed by atoms with Gasteiger partial charge in [0, 0.05) is 41.5 Å². The van der Waals surface area contributed by atoms with Crippen LogP contribution in [0.1, 0.15) is 23.8 Å². The first-order valence-corrected chi connectivity index (χ1v) is 10.4. The van der Waals surface area contributed by atoms with Gasteiger partial charge in [-0.05, 0) is 62.2 Å². The molecule has 2 aliphatic rings. The maximum absolute atomic E-state index is 10.5. The molecule has 1 N–H and O–H groups in total. The number of ether oxygens (including phenoxy) is 1. The number of phenols is 1. The maximum atomic E-state index is 10.5. The summed E-state index contributed by atoms with van der Waals surface area (Å²) in [7, 11) is 0. The number of hydrogen-bond acceptors (Lipinski definition) is 5. The van der Waals surface area contributed by atoms with E-state index in [1.807, 2.05) is 6.07 Å². The third-order valence-electron chi connectivity index (χ3n) is 5.55. The van der Waals surface area contributed by atoms with E-state index >= 15 is 0 Å². The Balaban J connectivity index is 1.54. The number of thiophene rings is 1. The van der Waals surface area contributed by atoms with Gasteiger partial charge in [0.2, 0.25) is 0 Å². The summed E-state index contributed by atoms with van der Waals surface area (Å²) in [6, 6.07) is 8.31. The maximum Gasteiger partial charge on any atom is 0.165 e. The van der Waals surface area contributed by atoms with Gasteiger partial charge >= 0.3 is 0 Å². The van der Waals surface area contributed by atoms with Crippen LogP contribution in [-0.2, 0) is 6.54 Å². The highest BCUT2D eigenvalue weighted by atomic mass is 32.1. The molecule has 1 atom stereocenters.